The maximum absolute atomic E-state index is 15.2. The van der Waals surface area contributed by atoms with Crippen molar-refractivity contribution in [3.8, 4) is 22.8 Å². The van der Waals surface area contributed by atoms with Gasteiger partial charge in [-0.05, 0) is 48.4 Å². The Labute approximate surface area is 254 Å². The van der Waals surface area contributed by atoms with Crippen molar-refractivity contribution < 1.29 is 23.4 Å². The molecule has 222 valence electrons. The summed E-state index contributed by atoms with van der Waals surface area (Å²) in [6.45, 7) is 1.66. The molecule has 0 radical (unpaired) electrons. The Morgan fingerprint density at radius 3 is 2.65 bits per heavy atom. The Morgan fingerprint density at radius 2 is 1.86 bits per heavy atom. The number of benzene rings is 3. The monoisotopic (exact) mass is 602 g/mol. The van der Waals surface area contributed by atoms with Crippen molar-refractivity contribution in [1.29, 1.82) is 0 Å². The molecule has 43 heavy (non-hydrogen) atoms. The van der Waals surface area contributed by atoms with Gasteiger partial charge in [-0.1, -0.05) is 29.8 Å². The third-order valence-electron chi connectivity index (χ3n) is 7.13. The van der Waals surface area contributed by atoms with Crippen LogP contribution >= 0.6 is 11.6 Å². The van der Waals surface area contributed by atoms with Crippen LogP contribution in [-0.4, -0.2) is 55.4 Å². The Bertz CT molecular complexity index is 1680. The number of carbonyl (C=O) groups is 1. The van der Waals surface area contributed by atoms with Crippen LogP contribution in [0.4, 0.5) is 4.39 Å². The van der Waals surface area contributed by atoms with Crippen molar-refractivity contribution in [3.63, 3.8) is 0 Å². The van der Waals surface area contributed by atoms with Crippen LogP contribution in [0, 0.1) is 5.82 Å². The third kappa shape index (κ3) is 6.74. The first-order valence-corrected chi connectivity index (χ1v) is 14.3. The van der Waals surface area contributed by atoms with Crippen LogP contribution in [0.3, 0.4) is 0 Å². The maximum Gasteiger partial charge on any atom is 0.166 e. The van der Waals surface area contributed by atoms with Crippen LogP contribution in [0.1, 0.15) is 51.3 Å². The second-order valence-corrected chi connectivity index (χ2v) is 10.4. The van der Waals surface area contributed by atoms with Crippen molar-refractivity contribution in [2.24, 2.45) is 10.7 Å². The summed E-state index contributed by atoms with van der Waals surface area (Å²) in [4.78, 5) is 27.1. The minimum Gasteiger partial charge on any atom is -0.496 e. The van der Waals surface area contributed by atoms with Gasteiger partial charge in [0.25, 0.3) is 0 Å². The number of fused-ring (bicyclic) bond motifs is 3. The number of ketones is 1. The normalized spacial score (nSPS) is 12.2. The molecule has 2 N–H and O–H groups in total. The van der Waals surface area contributed by atoms with E-state index in [0.717, 1.165) is 16.7 Å². The molecule has 0 spiro atoms. The molecule has 0 bridgehead atoms. The average molecular weight is 603 g/mol. The average Bonchev–Trinajstić information content (AvgIpc) is 3.16. The molecule has 0 saturated heterocycles. The van der Waals surface area contributed by atoms with Gasteiger partial charge >= 0.3 is 0 Å². The predicted octanol–water partition coefficient (Wildman–Crippen LogP) is 5.83. The summed E-state index contributed by atoms with van der Waals surface area (Å²) in [6, 6.07) is 15.6. The van der Waals surface area contributed by atoms with Gasteiger partial charge in [0, 0.05) is 53.9 Å². The maximum atomic E-state index is 15.2. The van der Waals surface area contributed by atoms with Gasteiger partial charge < -0.3 is 19.9 Å². The molecular formula is C33H32ClFN4O4. The number of halogens is 2. The van der Waals surface area contributed by atoms with Crippen LogP contribution in [-0.2, 0) is 17.7 Å². The highest BCUT2D eigenvalue weighted by Gasteiger charge is 2.25. The first-order valence-electron chi connectivity index (χ1n) is 13.9. The largest absolute Gasteiger partial charge is 0.496 e. The molecule has 0 atom stereocenters. The zero-order chi connectivity index (χ0) is 30.3. The van der Waals surface area contributed by atoms with E-state index in [2.05, 4.69) is 4.98 Å². The van der Waals surface area contributed by atoms with Gasteiger partial charge in [0.1, 0.15) is 23.1 Å². The highest BCUT2D eigenvalue weighted by molar-refractivity contribution is 6.31. The minimum absolute atomic E-state index is 0.0152. The molecule has 5 rings (SSSR count). The lowest BCUT2D eigenvalue weighted by Gasteiger charge is -2.15. The number of hydrogen-bond acceptors (Lipinski definition) is 8. The van der Waals surface area contributed by atoms with E-state index in [4.69, 9.17) is 41.5 Å². The van der Waals surface area contributed by atoms with Crippen LogP contribution in [0.5, 0.6) is 11.5 Å². The molecular weight excluding hydrogens is 571 g/mol. The quantitative estimate of drug-likeness (QED) is 0.160. The summed E-state index contributed by atoms with van der Waals surface area (Å²) >= 11 is 6.41. The van der Waals surface area contributed by atoms with E-state index in [1.807, 2.05) is 18.2 Å². The summed E-state index contributed by atoms with van der Waals surface area (Å²) in [5.74, 6) is 0.983. The van der Waals surface area contributed by atoms with Crippen molar-refractivity contribution in [3.05, 3.63) is 105 Å². The Morgan fingerprint density at radius 1 is 1.02 bits per heavy atom. The van der Waals surface area contributed by atoms with Crippen LogP contribution in [0.2, 0.25) is 5.02 Å². The van der Waals surface area contributed by atoms with Crippen molar-refractivity contribution in [2.45, 2.75) is 25.8 Å². The van der Waals surface area contributed by atoms with E-state index in [0.29, 0.717) is 83.9 Å². The fourth-order valence-corrected chi connectivity index (χ4v) is 5.25. The molecule has 2 heterocycles. The number of aliphatic imine (C=N–C) groups is 1. The molecule has 0 unspecified atom stereocenters. The summed E-state index contributed by atoms with van der Waals surface area (Å²) < 4.78 is 31.6. The number of aromatic nitrogens is 2. The van der Waals surface area contributed by atoms with Crippen LogP contribution in [0.25, 0.3) is 11.3 Å². The molecule has 4 aromatic rings. The second kappa shape index (κ2) is 13.9. The molecule has 1 aromatic heterocycles. The third-order valence-corrected chi connectivity index (χ3v) is 7.36. The number of Topliss-reactive ketones (excluding diaryl/α,β-unsaturated/α-hetero) is 1. The second-order valence-electron chi connectivity index (χ2n) is 9.97. The molecule has 8 nitrogen and oxygen atoms in total. The van der Waals surface area contributed by atoms with Gasteiger partial charge in [0.15, 0.2) is 5.78 Å². The number of methoxy groups -OCH3 is 2. The fraction of sp³-hybridized carbons (Fsp3) is 0.273. The summed E-state index contributed by atoms with van der Waals surface area (Å²) in [6.07, 6.45) is 3.11. The molecule has 3 aromatic carbocycles. The lowest BCUT2D eigenvalue weighted by molar-refractivity contribution is 0.0941. The van der Waals surface area contributed by atoms with E-state index >= 15 is 4.39 Å². The topological polar surface area (TPSA) is 109 Å². The summed E-state index contributed by atoms with van der Waals surface area (Å²) in [7, 11) is 3.04. The van der Waals surface area contributed by atoms with Gasteiger partial charge in [-0.3, -0.25) is 9.79 Å². The van der Waals surface area contributed by atoms with Crippen molar-refractivity contribution in [1.82, 2.24) is 9.97 Å². The van der Waals surface area contributed by atoms with Gasteiger partial charge in [-0.15, -0.1) is 0 Å². The molecule has 0 saturated carbocycles. The fourth-order valence-electron chi connectivity index (χ4n) is 5.08. The Hall–Kier alpha value is -4.18. The smallest absolute Gasteiger partial charge is 0.166 e. The van der Waals surface area contributed by atoms with E-state index in [1.54, 1.807) is 43.6 Å². The molecule has 0 fully saturated rings. The first kappa shape index (κ1) is 30.3. The zero-order valence-electron chi connectivity index (χ0n) is 24.0. The van der Waals surface area contributed by atoms with E-state index in [9.17, 15) is 4.79 Å². The molecule has 0 aliphatic carbocycles. The Balaban J connectivity index is 1.44. The van der Waals surface area contributed by atoms with Gasteiger partial charge in [-0.2, -0.15) is 0 Å². The Kier molecular flexibility index (Phi) is 9.76. The van der Waals surface area contributed by atoms with Gasteiger partial charge in [-0.25, -0.2) is 14.4 Å². The highest BCUT2D eigenvalue weighted by atomic mass is 35.5. The lowest BCUT2D eigenvalue weighted by atomic mass is 9.94. The van der Waals surface area contributed by atoms with Crippen molar-refractivity contribution >= 4 is 23.1 Å². The van der Waals surface area contributed by atoms with E-state index in [1.165, 1.54) is 13.2 Å². The number of hydrogen-bond donors (Lipinski definition) is 1. The van der Waals surface area contributed by atoms with E-state index < -0.39 is 5.82 Å². The van der Waals surface area contributed by atoms with Gasteiger partial charge in [0.2, 0.25) is 0 Å². The van der Waals surface area contributed by atoms with Crippen molar-refractivity contribution in [2.75, 3.05) is 34.0 Å². The molecule has 1 aliphatic heterocycles. The standard InChI is InChI=1S/C33H32ClFN4O4/c1-41-28-7-3-5-26(35)31(28)33-25-17-22(34)9-11-23(25)32-21(19-38-33)18-37-30(39-32)16-20-8-10-24(29(15-20)42-2)27(40)6-4-13-43-14-12-36/h3,5,7-11,15,17-18H,4,6,12-14,16,19,36H2,1-2H3. The summed E-state index contributed by atoms with van der Waals surface area (Å²) in [5, 5.41) is 0.490. The van der Waals surface area contributed by atoms with Crippen LogP contribution in [0.15, 0.2) is 65.8 Å². The van der Waals surface area contributed by atoms with Gasteiger partial charge in [0.05, 0.1) is 49.9 Å². The van der Waals surface area contributed by atoms with Crippen LogP contribution < -0.4 is 15.2 Å². The highest BCUT2D eigenvalue weighted by Crippen LogP contribution is 2.36. The number of nitrogens with two attached hydrogens (primary N) is 1. The number of carbonyl (C=O) groups excluding carboxylic acids is 1. The predicted molar refractivity (Wildman–Crippen MR) is 164 cm³/mol. The molecule has 10 heteroatoms. The number of ether oxygens (including phenoxy) is 3. The lowest BCUT2D eigenvalue weighted by Crippen LogP contribution is -2.10. The SMILES string of the molecule is COc1cc(Cc2ncc3c(n2)-c2ccc(Cl)cc2C(c2c(F)cccc2OC)=NC3)ccc1C(=O)CCCOCCN. The van der Waals surface area contributed by atoms with E-state index in [-0.39, 0.29) is 17.9 Å². The zero-order valence-corrected chi connectivity index (χ0v) is 24.8. The number of nitrogens with zero attached hydrogens (tertiary/aromatic N) is 3. The number of rotatable bonds is 12. The summed E-state index contributed by atoms with van der Waals surface area (Å²) in [5.41, 5.74) is 10.4. The molecule has 1 aliphatic rings. The first-order chi connectivity index (χ1) is 20.9. The minimum atomic E-state index is -0.447. The molecule has 0 amide bonds.